The van der Waals surface area contributed by atoms with Gasteiger partial charge in [0.15, 0.2) is 0 Å². The fraction of sp³-hybridized carbons (Fsp3) is 0.111. The van der Waals surface area contributed by atoms with Crippen LogP contribution in [0.1, 0.15) is 5.76 Å². The van der Waals surface area contributed by atoms with Crippen LogP contribution in [-0.2, 0) is 6.61 Å². The lowest BCUT2D eigenvalue weighted by atomic mass is 10.2. The van der Waals surface area contributed by atoms with E-state index in [0.29, 0.717) is 15.6 Å². The van der Waals surface area contributed by atoms with Crippen molar-refractivity contribution in [3.05, 3.63) is 34.4 Å². The Labute approximate surface area is 82.1 Å². The molecule has 13 heavy (non-hydrogen) atoms. The highest BCUT2D eigenvalue weighted by Crippen LogP contribution is 2.29. The molecule has 0 aliphatic heterocycles. The summed E-state index contributed by atoms with van der Waals surface area (Å²) in [5.41, 5.74) is 0. The van der Waals surface area contributed by atoms with Crippen LogP contribution in [0.2, 0.25) is 0 Å². The molecule has 0 aliphatic rings. The number of hydrogen-bond donors (Lipinski definition) is 1. The maximum atomic E-state index is 12.9. The average Bonchev–Trinajstić information content (AvgIpc) is 2.47. The lowest BCUT2D eigenvalue weighted by Gasteiger charge is -1.96. The number of hydrogen-bond acceptors (Lipinski definition) is 2. The summed E-state index contributed by atoms with van der Waals surface area (Å²) < 4.78 is 18.5. The third kappa shape index (κ3) is 1.36. The van der Waals surface area contributed by atoms with Crippen LogP contribution in [0.15, 0.2) is 27.3 Å². The van der Waals surface area contributed by atoms with E-state index in [1.807, 2.05) is 0 Å². The monoisotopic (exact) mass is 244 g/mol. The summed E-state index contributed by atoms with van der Waals surface area (Å²) in [7, 11) is 0. The molecule has 1 N–H and O–H groups in total. The zero-order valence-corrected chi connectivity index (χ0v) is 8.14. The number of halogens is 2. The van der Waals surface area contributed by atoms with Crippen molar-refractivity contribution in [3.8, 4) is 0 Å². The Morgan fingerprint density at radius 1 is 1.46 bits per heavy atom. The van der Waals surface area contributed by atoms with Crippen LogP contribution in [0.4, 0.5) is 4.39 Å². The number of fused-ring (bicyclic) bond motifs is 1. The van der Waals surface area contributed by atoms with Crippen molar-refractivity contribution in [2.45, 2.75) is 6.61 Å². The van der Waals surface area contributed by atoms with Crippen molar-refractivity contribution in [1.82, 2.24) is 0 Å². The summed E-state index contributed by atoms with van der Waals surface area (Å²) in [5.74, 6) is 0.117. The largest absolute Gasteiger partial charge is 0.466 e. The van der Waals surface area contributed by atoms with Gasteiger partial charge in [-0.25, -0.2) is 4.39 Å². The number of furan rings is 1. The van der Waals surface area contributed by atoms with Gasteiger partial charge < -0.3 is 9.52 Å². The predicted molar refractivity (Wildman–Crippen MR) is 49.8 cm³/mol. The van der Waals surface area contributed by atoms with Gasteiger partial charge in [0.2, 0.25) is 0 Å². The zero-order valence-electron chi connectivity index (χ0n) is 6.55. The van der Waals surface area contributed by atoms with Crippen molar-refractivity contribution >= 4 is 26.7 Å². The third-order valence-corrected chi connectivity index (χ3v) is 2.46. The summed E-state index contributed by atoms with van der Waals surface area (Å²) in [4.78, 5) is 0. The van der Waals surface area contributed by atoms with Crippen molar-refractivity contribution < 1.29 is 13.9 Å². The standard InChI is InChI=1S/C9H6BrFO2/c10-7-2-6(11)1-5-4-13-8(3-12)9(5)7/h1-2,4,12H,3H2. The Kier molecular flexibility index (Phi) is 2.09. The number of benzene rings is 1. The predicted octanol–water partition coefficient (Wildman–Crippen LogP) is 2.83. The summed E-state index contributed by atoms with van der Waals surface area (Å²) in [6, 6.07) is 2.71. The highest BCUT2D eigenvalue weighted by Gasteiger charge is 2.09. The molecule has 68 valence electrons. The molecule has 2 rings (SSSR count). The molecule has 4 heteroatoms. The quantitative estimate of drug-likeness (QED) is 0.837. The Morgan fingerprint density at radius 2 is 2.23 bits per heavy atom. The van der Waals surface area contributed by atoms with E-state index in [-0.39, 0.29) is 12.4 Å². The summed E-state index contributed by atoms with van der Waals surface area (Å²) in [6.07, 6.45) is 1.43. The second kappa shape index (κ2) is 3.12. The Bertz CT molecular complexity index is 450. The lowest BCUT2D eigenvalue weighted by Crippen LogP contribution is -1.81. The van der Waals surface area contributed by atoms with Gasteiger partial charge in [0.05, 0.1) is 6.26 Å². The van der Waals surface area contributed by atoms with E-state index in [1.54, 1.807) is 0 Å². The van der Waals surface area contributed by atoms with Crippen molar-refractivity contribution in [2.24, 2.45) is 0 Å². The topological polar surface area (TPSA) is 33.4 Å². The van der Waals surface area contributed by atoms with Crippen molar-refractivity contribution in [2.75, 3.05) is 0 Å². The Hall–Kier alpha value is -0.870. The molecule has 1 aromatic heterocycles. The second-order valence-electron chi connectivity index (χ2n) is 2.67. The maximum Gasteiger partial charge on any atom is 0.138 e. The SMILES string of the molecule is OCc1occ2cc(F)cc(Br)c12. The molecule has 0 radical (unpaired) electrons. The number of aliphatic hydroxyl groups is 1. The fourth-order valence-electron chi connectivity index (χ4n) is 1.29. The van der Waals surface area contributed by atoms with E-state index in [0.717, 1.165) is 5.39 Å². The molecule has 1 heterocycles. The van der Waals surface area contributed by atoms with Gasteiger partial charge in [-0.2, -0.15) is 0 Å². The minimum Gasteiger partial charge on any atom is -0.466 e. The van der Waals surface area contributed by atoms with Gasteiger partial charge in [-0.1, -0.05) is 0 Å². The van der Waals surface area contributed by atoms with Gasteiger partial charge in [0, 0.05) is 15.2 Å². The molecule has 0 saturated heterocycles. The van der Waals surface area contributed by atoms with E-state index in [4.69, 9.17) is 9.52 Å². The molecule has 0 amide bonds. The van der Waals surface area contributed by atoms with Crippen LogP contribution in [0.25, 0.3) is 10.8 Å². The van der Waals surface area contributed by atoms with E-state index in [9.17, 15) is 4.39 Å². The Morgan fingerprint density at radius 3 is 2.92 bits per heavy atom. The average molecular weight is 245 g/mol. The van der Waals surface area contributed by atoms with Gasteiger partial charge in [-0.15, -0.1) is 0 Å². The van der Waals surface area contributed by atoms with Gasteiger partial charge >= 0.3 is 0 Å². The first-order valence-corrected chi connectivity index (χ1v) is 4.47. The van der Waals surface area contributed by atoms with Crippen LogP contribution in [0.5, 0.6) is 0 Å². The molecular formula is C9H6BrFO2. The van der Waals surface area contributed by atoms with Crippen LogP contribution < -0.4 is 0 Å². The smallest absolute Gasteiger partial charge is 0.138 e. The molecule has 2 nitrogen and oxygen atoms in total. The first kappa shape index (κ1) is 8.72. The molecular weight excluding hydrogens is 239 g/mol. The third-order valence-electron chi connectivity index (χ3n) is 1.84. The minimum atomic E-state index is -0.329. The van der Waals surface area contributed by atoms with Gasteiger partial charge in [-0.05, 0) is 28.1 Å². The molecule has 0 saturated carbocycles. The molecule has 0 unspecified atom stereocenters. The molecule has 1 aromatic carbocycles. The van der Waals surface area contributed by atoms with Crippen molar-refractivity contribution in [3.63, 3.8) is 0 Å². The molecule has 0 spiro atoms. The minimum absolute atomic E-state index is 0.187. The highest BCUT2D eigenvalue weighted by molar-refractivity contribution is 9.10. The maximum absolute atomic E-state index is 12.9. The van der Waals surface area contributed by atoms with Gasteiger partial charge in [0.1, 0.15) is 18.2 Å². The fourth-order valence-corrected chi connectivity index (χ4v) is 1.96. The normalized spacial score (nSPS) is 11.0. The Balaban J connectivity index is 2.82. The number of rotatable bonds is 1. The second-order valence-corrected chi connectivity index (χ2v) is 3.52. The lowest BCUT2D eigenvalue weighted by molar-refractivity contribution is 0.249. The van der Waals surface area contributed by atoms with Crippen LogP contribution in [-0.4, -0.2) is 5.11 Å². The summed E-state index contributed by atoms with van der Waals surface area (Å²) in [6.45, 7) is -0.187. The van der Waals surface area contributed by atoms with Gasteiger partial charge in [-0.3, -0.25) is 0 Å². The van der Waals surface area contributed by atoms with Crippen LogP contribution >= 0.6 is 15.9 Å². The zero-order chi connectivity index (χ0) is 9.42. The van der Waals surface area contributed by atoms with Crippen LogP contribution in [0, 0.1) is 5.82 Å². The highest BCUT2D eigenvalue weighted by atomic mass is 79.9. The molecule has 0 atom stereocenters. The summed E-state index contributed by atoms with van der Waals surface area (Å²) >= 11 is 3.21. The molecule has 0 aliphatic carbocycles. The van der Waals surface area contributed by atoms with E-state index >= 15 is 0 Å². The van der Waals surface area contributed by atoms with E-state index < -0.39 is 0 Å². The number of aliphatic hydroxyl groups excluding tert-OH is 1. The summed E-state index contributed by atoms with van der Waals surface area (Å²) in [5, 5.41) is 10.3. The first-order valence-electron chi connectivity index (χ1n) is 3.68. The molecule has 0 fully saturated rings. The molecule has 0 bridgehead atoms. The van der Waals surface area contributed by atoms with Gasteiger partial charge in [0.25, 0.3) is 0 Å². The van der Waals surface area contributed by atoms with E-state index in [1.165, 1.54) is 18.4 Å². The molecule has 2 aromatic rings. The first-order chi connectivity index (χ1) is 6.22. The van der Waals surface area contributed by atoms with Crippen LogP contribution in [0.3, 0.4) is 0 Å². The van der Waals surface area contributed by atoms with E-state index in [2.05, 4.69) is 15.9 Å². The van der Waals surface area contributed by atoms with Crippen molar-refractivity contribution in [1.29, 1.82) is 0 Å².